The SMILES string of the molecule is CCCC[N+](CCCC)(CCCC)CCCC.CCCC[N+](CCCC)(CCCC)CCCC.CCCC[N+](CCCC)(CCCC)CCCC.[C-]#N.[C-]#N.[C-]#N.[C-]#N.[C-]#N.[C-]#N.[Fe]. The minimum absolute atomic E-state index is 0. The fourth-order valence-corrected chi connectivity index (χ4v) is 7.93. The second kappa shape index (κ2) is 80.6. The van der Waals surface area contributed by atoms with Crippen LogP contribution >= 0.6 is 0 Å². The molecule has 0 aromatic rings. The maximum Gasteiger partial charge on any atom is 0.0786 e. The molecule has 0 N–H and O–H groups in total. The van der Waals surface area contributed by atoms with Crippen LogP contribution in [0.2, 0.25) is 0 Å². The largest absolute Gasteiger partial charge is 0.512 e. The molecule has 0 aromatic carbocycles. The molecule has 0 spiro atoms. The van der Waals surface area contributed by atoms with Crippen LogP contribution in [0.25, 0.3) is 0 Å². The molecule has 0 amide bonds. The van der Waals surface area contributed by atoms with Crippen molar-refractivity contribution in [3.05, 3.63) is 39.4 Å². The number of quaternary nitrogens is 3. The molecule has 0 atom stereocenters. The Labute approximate surface area is 415 Å². The van der Waals surface area contributed by atoms with Gasteiger partial charge in [-0.3, -0.25) is 0 Å². The Hall–Kier alpha value is -2.66. The van der Waals surface area contributed by atoms with Gasteiger partial charge >= 0.3 is 0 Å². The van der Waals surface area contributed by atoms with Crippen molar-refractivity contribution in [2.45, 2.75) is 237 Å². The number of nitrogens with zero attached hydrogens (tertiary/aromatic N) is 9. The standard InChI is InChI=1S/3C16H36N.6CN.Fe/c3*1-5-9-13-17(14-10-6-2,15-11-7-3)16-12-8-4;6*1-2;/h3*5-16H2,1-4H3;;;;;;;/q3*+1;6*-1;. The van der Waals surface area contributed by atoms with Gasteiger partial charge in [0.2, 0.25) is 0 Å². The van der Waals surface area contributed by atoms with Gasteiger partial charge in [-0.2, -0.15) is 0 Å². The molecule has 9 nitrogen and oxygen atoms in total. The van der Waals surface area contributed by atoms with Crippen molar-refractivity contribution in [3.8, 4) is 0 Å². The molecular weight excluding hydrogens is 831 g/mol. The maximum absolute atomic E-state index is 6.25. The summed E-state index contributed by atoms with van der Waals surface area (Å²) < 4.78 is 4.26. The van der Waals surface area contributed by atoms with Crippen LogP contribution in [0.5, 0.6) is 0 Å². The summed E-state index contributed by atoms with van der Waals surface area (Å²) in [6.07, 6.45) is 33.2. The van der Waals surface area contributed by atoms with Crippen molar-refractivity contribution in [1.82, 2.24) is 0 Å². The molecule has 0 rings (SSSR count). The first kappa shape index (κ1) is 84.7. The molecule has 0 saturated heterocycles. The minimum atomic E-state index is 0. The van der Waals surface area contributed by atoms with Crippen molar-refractivity contribution in [1.29, 1.82) is 31.6 Å². The van der Waals surface area contributed by atoms with Gasteiger partial charge in [-0.05, 0) is 77.0 Å². The Balaban J connectivity index is -0.0000000755. The molecule has 10 heteroatoms. The number of hydrogen-bond donors (Lipinski definition) is 0. The van der Waals surface area contributed by atoms with Gasteiger partial charge in [0.05, 0.1) is 78.5 Å². The Kier molecular flexibility index (Phi) is 107. The van der Waals surface area contributed by atoms with Gasteiger partial charge in [0.1, 0.15) is 0 Å². The third-order valence-corrected chi connectivity index (χ3v) is 11.8. The van der Waals surface area contributed by atoms with E-state index >= 15 is 0 Å². The summed E-state index contributed by atoms with van der Waals surface area (Å²) in [5.74, 6) is 0. The van der Waals surface area contributed by atoms with Crippen molar-refractivity contribution in [3.63, 3.8) is 0 Å². The summed E-state index contributed by atoms with van der Waals surface area (Å²) in [5, 5.41) is 37.5. The van der Waals surface area contributed by atoms with Crippen LogP contribution < -0.4 is 0 Å². The Morgan fingerprint density at radius 1 is 0.188 bits per heavy atom. The van der Waals surface area contributed by atoms with Crippen LogP contribution in [-0.2, 0) is 17.1 Å². The first-order valence-electron chi connectivity index (χ1n) is 25.6. The number of rotatable bonds is 36. The fourth-order valence-electron chi connectivity index (χ4n) is 7.93. The molecule has 0 unspecified atom stereocenters. The minimum Gasteiger partial charge on any atom is -0.512 e. The molecule has 0 saturated carbocycles. The summed E-state index contributed by atoms with van der Waals surface area (Å²) in [4.78, 5) is 0. The second-order valence-corrected chi connectivity index (χ2v) is 17.0. The average molecular weight is 939 g/mol. The van der Waals surface area contributed by atoms with E-state index < -0.39 is 0 Å². The Bertz CT molecular complexity index is 654. The molecule has 0 fully saturated rings. The van der Waals surface area contributed by atoms with E-state index in [0.29, 0.717) is 0 Å². The molecule has 64 heavy (non-hydrogen) atoms. The molecule has 380 valence electrons. The molecule has 0 aliphatic rings. The molecule has 0 bridgehead atoms. The summed E-state index contributed by atoms with van der Waals surface area (Å²) >= 11 is 0. The predicted octanol–water partition coefficient (Wildman–Crippen LogP) is 15.6. The van der Waals surface area contributed by atoms with Crippen LogP contribution in [0.3, 0.4) is 0 Å². The van der Waals surface area contributed by atoms with Gasteiger partial charge in [0.15, 0.2) is 0 Å². The zero-order valence-corrected chi connectivity index (χ0v) is 45.9. The topological polar surface area (TPSA) is 143 Å². The van der Waals surface area contributed by atoms with Crippen LogP contribution in [0.4, 0.5) is 0 Å². The molecule has 0 aliphatic carbocycles. The quantitative estimate of drug-likeness (QED) is 0.0348. The van der Waals surface area contributed by atoms with Gasteiger partial charge < -0.3 is 84.5 Å². The van der Waals surface area contributed by atoms with E-state index in [1.54, 1.807) is 0 Å². The molecule has 0 aliphatic heterocycles. The van der Waals surface area contributed by atoms with E-state index in [1.807, 2.05) is 0 Å². The summed E-state index contributed by atoms with van der Waals surface area (Å²) in [7, 11) is 0. The van der Waals surface area contributed by atoms with E-state index in [-0.39, 0.29) is 17.1 Å². The molecule has 0 aromatic heterocycles. The number of hydrogen-bond acceptors (Lipinski definition) is 6. The monoisotopic (exact) mass is 939 g/mol. The van der Waals surface area contributed by atoms with E-state index in [9.17, 15) is 0 Å². The van der Waals surface area contributed by atoms with Crippen LogP contribution in [0.1, 0.15) is 237 Å². The average Bonchev–Trinajstić information content (AvgIpc) is 3.36. The normalized spacial score (nSPS) is 9.75. The van der Waals surface area contributed by atoms with Gasteiger partial charge in [-0.25, -0.2) is 0 Å². The zero-order chi connectivity index (χ0) is 51.0. The van der Waals surface area contributed by atoms with Crippen molar-refractivity contribution >= 4 is 0 Å². The van der Waals surface area contributed by atoms with Crippen LogP contribution in [0.15, 0.2) is 0 Å². The van der Waals surface area contributed by atoms with E-state index in [2.05, 4.69) is 83.1 Å². The van der Waals surface area contributed by atoms with E-state index in [1.165, 1.54) is 246 Å². The molecule has 0 heterocycles. The van der Waals surface area contributed by atoms with Crippen molar-refractivity contribution in [2.75, 3.05) is 78.5 Å². The number of unbranched alkanes of at least 4 members (excludes halogenated alkanes) is 12. The Morgan fingerprint density at radius 2 is 0.250 bits per heavy atom. The van der Waals surface area contributed by atoms with Gasteiger partial charge in [-0.1, -0.05) is 160 Å². The third-order valence-electron chi connectivity index (χ3n) is 11.8. The van der Waals surface area contributed by atoms with Gasteiger partial charge in [-0.15, -0.1) is 0 Å². The van der Waals surface area contributed by atoms with Gasteiger partial charge in [0, 0.05) is 17.1 Å². The van der Waals surface area contributed by atoms with Crippen molar-refractivity contribution in [2.24, 2.45) is 0 Å². The smallest absolute Gasteiger partial charge is 0.0786 e. The Morgan fingerprint density at radius 3 is 0.297 bits per heavy atom. The van der Waals surface area contributed by atoms with Crippen LogP contribution in [0, 0.1) is 71.0 Å². The summed E-state index contributed by atoms with van der Waals surface area (Å²) in [6.45, 7) is 73.6. The second-order valence-electron chi connectivity index (χ2n) is 17.0. The fraction of sp³-hybridized carbons (Fsp3) is 0.889. The van der Waals surface area contributed by atoms with Gasteiger partial charge in [0.25, 0.3) is 0 Å². The van der Waals surface area contributed by atoms with Crippen molar-refractivity contribution < 1.29 is 30.5 Å². The van der Waals surface area contributed by atoms with E-state index in [0.717, 1.165) is 0 Å². The predicted molar refractivity (Wildman–Crippen MR) is 268 cm³/mol. The summed E-state index contributed by atoms with van der Waals surface area (Å²) in [6, 6.07) is 0. The maximum atomic E-state index is 6.25. The molecule has 0 radical (unpaired) electrons. The first-order chi connectivity index (χ1) is 30.7. The summed E-state index contributed by atoms with van der Waals surface area (Å²) in [5.41, 5.74) is 0. The third kappa shape index (κ3) is 61.4. The zero-order valence-electron chi connectivity index (χ0n) is 44.8. The molecular formula is C54H108FeN9-3. The van der Waals surface area contributed by atoms with E-state index in [4.69, 9.17) is 71.0 Å². The van der Waals surface area contributed by atoms with Crippen LogP contribution in [-0.4, -0.2) is 92.0 Å². The first-order valence-corrected chi connectivity index (χ1v) is 25.6.